The molecule has 0 aromatic heterocycles. The molecule has 0 N–H and O–H groups in total. The lowest BCUT2D eigenvalue weighted by atomic mass is 10.0. The average molecular weight is 288 g/mol. The molecule has 0 bridgehead atoms. The van der Waals surface area contributed by atoms with Gasteiger partial charge in [0.05, 0.1) is 30.6 Å². The van der Waals surface area contributed by atoms with E-state index in [4.69, 9.17) is 4.74 Å². The zero-order chi connectivity index (χ0) is 15.1. The van der Waals surface area contributed by atoms with Gasteiger partial charge in [-0.05, 0) is 38.0 Å². The summed E-state index contributed by atoms with van der Waals surface area (Å²) >= 11 is 0. The van der Waals surface area contributed by atoms with Gasteiger partial charge in [0.1, 0.15) is 0 Å². The van der Waals surface area contributed by atoms with Crippen molar-refractivity contribution in [3.05, 3.63) is 28.8 Å². The molecule has 1 aromatic rings. The van der Waals surface area contributed by atoms with Crippen LogP contribution in [0.2, 0.25) is 0 Å². The average Bonchev–Trinajstić information content (AvgIpc) is 2.64. The number of carbonyl (C=O) groups is 2. The van der Waals surface area contributed by atoms with Gasteiger partial charge in [0, 0.05) is 13.1 Å². The molecule has 2 aliphatic rings. The smallest absolute Gasteiger partial charge is 0.300 e. The van der Waals surface area contributed by atoms with Crippen LogP contribution in [-0.2, 0) is 9.53 Å². The minimum atomic E-state index is -0.419. The fourth-order valence-corrected chi connectivity index (χ4v) is 3.15. The van der Waals surface area contributed by atoms with Gasteiger partial charge in [-0.3, -0.25) is 19.4 Å². The van der Waals surface area contributed by atoms with Gasteiger partial charge in [-0.2, -0.15) is 0 Å². The van der Waals surface area contributed by atoms with E-state index in [2.05, 4.69) is 4.90 Å². The number of nitrogens with zero attached hydrogens (tertiary/aromatic N) is 2. The molecule has 112 valence electrons. The van der Waals surface area contributed by atoms with Crippen LogP contribution in [0.3, 0.4) is 0 Å². The topological polar surface area (TPSA) is 49.9 Å². The first kappa shape index (κ1) is 14.2. The van der Waals surface area contributed by atoms with Gasteiger partial charge in [0.15, 0.2) is 0 Å². The summed E-state index contributed by atoms with van der Waals surface area (Å²) in [7, 11) is 0. The first-order valence-corrected chi connectivity index (χ1v) is 7.29. The maximum absolute atomic E-state index is 12.3. The van der Waals surface area contributed by atoms with Crippen LogP contribution < -0.4 is 4.90 Å². The van der Waals surface area contributed by atoms with Gasteiger partial charge >= 0.3 is 5.91 Å². The van der Waals surface area contributed by atoms with E-state index in [-0.39, 0.29) is 11.9 Å². The molecule has 1 fully saturated rings. The number of Topliss-reactive ketones (excluding diaryl/α,β-unsaturated/α-hetero) is 1. The van der Waals surface area contributed by atoms with Crippen LogP contribution in [0.5, 0.6) is 0 Å². The molecule has 5 heteroatoms. The molecule has 0 radical (unpaired) electrons. The predicted molar refractivity (Wildman–Crippen MR) is 79.6 cm³/mol. The molecule has 3 rings (SSSR count). The van der Waals surface area contributed by atoms with Gasteiger partial charge in [-0.15, -0.1) is 0 Å². The Balaban J connectivity index is 1.90. The minimum Gasteiger partial charge on any atom is -0.376 e. The fraction of sp³-hybridized carbons (Fsp3) is 0.500. The quantitative estimate of drug-likeness (QED) is 0.774. The Morgan fingerprint density at radius 2 is 2.05 bits per heavy atom. The van der Waals surface area contributed by atoms with Crippen LogP contribution in [0.4, 0.5) is 5.69 Å². The van der Waals surface area contributed by atoms with E-state index in [0.717, 1.165) is 29.9 Å². The van der Waals surface area contributed by atoms with E-state index < -0.39 is 5.91 Å². The maximum atomic E-state index is 12.3. The molecule has 1 amide bonds. The number of fused-ring (bicyclic) bond motifs is 1. The number of amides is 1. The van der Waals surface area contributed by atoms with Crippen molar-refractivity contribution in [1.29, 1.82) is 0 Å². The number of anilines is 1. The van der Waals surface area contributed by atoms with Crippen LogP contribution in [0.1, 0.15) is 28.4 Å². The van der Waals surface area contributed by atoms with Crippen molar-refractivity contribution in [2.45, 2.75) is 26.9 Å². The number of hydrogen-bond acceptors (Lipinski definition) is 4. The highest BCUT2D eigenvalue weighted by Gasteiger charge is 2.38. The lowest BCUT2D eigenvalue weighted by Crippen LogP contribution is -2.48. The summed E-state index contributed by atoms with van der Waals surface area (Å²) < 4.78 is 5.52. The molecular formula is C16H20N2O3. The minimum absolute atomic E-state index is 0.158. The van der Waals surface area contributed by atoms with Gasteiger partial charge in [-0.1, -0.05) is 6.07 Å². The predicted octanol–water partition coefficient (Wildman–Crippen LogP) is 1.51. The maximum Gasteiger partial charge on any atom is 0.300 e. The first-order valence-electron chi connectivity index (χ1n) is 7.29. The number of benzene rings is 1. The molecule has 2 heterocycles. The van der Waals surface area contributed by atoms with Crippen LogP contribution in [0.15, 0.2) is 12.1 Å². The number of aryl methyl sites for hydroxylation is 2. The normalized spacial score (nSPS) is 22.8. The zero-order valence-corrected chi connectivity index (χ0v) is 12.7. The van der Waals surface area contributed by atoms with Crippen molar-refractivity contribution >= 4 is 17.4 Å². The Bertz CT molecular complexity index is 612. The molecule has 1 aromatic carbocycles. The van der Waals surface area contributed by atoms with Gasteiger partial charge in [0.2, 0.25) is 0 Å². The summed E-state index contributed by atoms with van der Waals surface area (Å²) in [4.78, 5) is 28.3. The molecular weight excluding hydrogens is 268 g/mol. The van der Waals surface area contributed by atoms with Crippen molar-refractivity contribution in [1.82, 2.24) is 4.90 Å². The third-order valence-corrected chi connectivity index (χ3v) is 4.08. The second kappa shape index (κ2) is 5.24. The number of carbonyl (C=O) groups excluding carboxylic acids is 2. The Labute approximate surface area is 124 Å². The summed E-state index contributed by atoms with van der Waals surface area (Å²) in [6.07, 6.45) is 0.158. The van der Waals surface area contributed by atoms with Crippen LogP contribution in [0.25, 0.3) is 0 Å². The number of hydrogen-bond donors (Lipinski definition) is 0. The van der Waals surface area contributed by atoms with Gasteiger partial charge in [-0.25, -0.2) is 0 Å². The highest BCUT2D eigenvalue weighted by atomic mass is 16.5. The highest BCUT2D eigenvalue weighted by Crippen LogP contribution is 2.32. The third kappa shape index (κ3) is 2.47. The fourth-order valence-electron chi connectivity index (χ4n) is 3.15. The van der Waals surface area contributed by atoms with Crippen LogP contribution >= 0.6 is 0 Å². The summed E-state index contributed by atoms with van der Waals surface area (Å²) in [6.45, 7) is 8.56. The Kier molecular flexibility index (Phi) is 3.55. The van der Waals surface area contributed by atoms with E-state index in [1.54, 1.807) is 4.90 Å². The van der Waals surface area contributed by atoms with E-state index >= 15 is 0 Å². The molecule has 1 atom stereocenters. The molecule has 2 aliphatic heterocycles. The van der Waals surface area contributed by atoms with E-state index in [1.807, 2.05) is 32.9 Å². The second-order valence-corrected chi connectivity index (χ2v) is 5.94. The zero-order valence-electron chi connectivity index (χ0n) is 12.7. The lowest BCUT2D eigenvalue weighted by Gasteiger charge is -2.33. The van der Waals surface area contributed by atoms with Crippen molar-refractivity contribution in [3.8, 4) is 0 Å². The molecule has 0 spiro atoms. The summed E-state index contributed by atoms with van der Waals surface area (Å²) in [6, 6.07) is 3.87. The largest absolute Gasteiger partial charge is 0.376 e. The van der Waals surface area contributed by atoms with E-state index in [1.165, 1.54) is 0 Å². The Morgan fingerprint density at radius 1 is 1.29 bits per heavy atom. The molecule has 21 heavy (non-hydrogen) atoms. The molecule has 1 unspecified atom stereocenters. The standard InChI is InChI=1S/C16H20N2O3/c1-10-6-11(2)14-13(7-10)18(16(20)15(14)19)9-17-4-5-21-12(3)8-17/h6-7,12H,4-5,8-9H2,1-3H3. The van der Waals surface area contributed by atoms with Crippen molar-refractivity contribution in [2.75, 3.05) is 31.3 Å². The number of ether oxygens (including phenoxy) is 1. The number of morpholine rings is 1. The molecule has 5 nitrogen and oxygen atoms in total. The molecule has 0 aliphatic carbocycles. The molecule has 0 saturated carbocycles. The van der Waals surface area contributed by atoms with Crippen LogP contribution in [0, 0.1) is 13.8 Å². The first-order chi connectivity index (χ1) is 9.97. The van der Waals surface area contributed by atoms with Gasteiger partial charge in [0.25, 0.3) is 5.78 Å². The number of ketones is 1. The third-order valence-electron chi connectivity index (χ3n) is 4.08. The van der Waals surface area contributed by atoms with Gasteiger partial charge < -0.3 is 4.74 Å². The Morgan fingerprint density at radius 3 is 2.76 bits per heavy atom. The molecule has 1 saturated heterocycles. The van der Waals surface area contributed by atoms with Crippen molar-refractivity contribution < 1.29 is 14.3 Å². The van der Waals surface area contributed by atoms with Crippen molar-refractivity contribution in [3.63, 3.8) is 0 Å². The number of rotatable bonds is 2. The lowest BCUT2D eigenvalue weighted by molar-refractivity contribution is -0.115. The van der Waals surface area contributed by atoms with Crippen molar-refractivity contribution in [2.24, 2.45) is 0 Å². The summed E-state index contributed by atoms with van der Waals surface area (Å²) in [5, 5.41) is 0. The summed E-state index contributed by atoms with van der Waals surface area (Å²) in [5.41, 5.74) is 3.25. The van der Waals surface area contributed by atoms with Crippen LogP contribution in [-0.4, -0.2) is 49.1 Å². The Hall–Kier alpha value is -1.72. The van der Waals surface area contributed by atoms with E-state index in [0.29, 0.717) is 18.8 Å². The van der Waals surface area contributed by atoms with E-state index in [9.17, 15) is 9.59 Å². The second-order valence-electron chi connectivity index (χ2n) is 5.94. The summed E-state index contributed by atoms with van der Waals surface area (Å²) in [5.74, 6) is -0.804. The highest BCUT2D eigenvalue weighted by molar-refractivity contribution is 6.52. The monoisotopic (exact) mass is 288 g/mol. The SMILES string of the molecule is Cc1cc(C)c2c(c1)N(CN1CCOC(C)C1)C(=O)C2=O.